The van der Waals surface area contributed by atoms with E-state index in [1.54, 1.807) is 0 Å². The van der Waals surface area contributed by atoms with Gasteiger partial charge in [-0.1, -0.05) is 43.7 Å². The first kappa shape index (κ1) is 15.7. The molecule has 0 radical (unpaired) electrons. The second kappa shape index (κ2) is 7.29. The van der Waals surface area contributed by atoms with Crippen LogP contribution >= 0.6 is 0 Å². The maximum atomic E-state index is 12.2. The van der Waals surface area contributed by atoms with Gasteiger partial charge in [0.25, 0.3) is 0 Å². The molecule has 1 rings (SSSR count). The molecule has 0 aromatic heterocycles. The van der Waals surface area contributed by atoms with Gasteiger partial charge in [0, 0.05) is 6.54 Å². The van der Waals surface area contributed by atoms with Crippen molar-refractivity contribution in [3.05, 3.63) is 35.4 Å². The highest BCUT2D eigenvalue weighted by molar-refractivity contribution is 5.79. The lowest BCUT2D eigenvalue weighted by molar-refractivity contribution is -0.125. The molecule has 0 fully saturated rings. The van der Waals surface area contributed by atoms with Gasteiger partial charge in [0.05, 0.1) is 12.0 Å². The minimum Gasteiger partial charge on any atom is -0.349 e. The summed E-state index contributed by atoms with van der Waals surface area (Å²) in [6.45, 7) is 8.69. The van der Waals surface area contributed by atoms with E-state index in [0.717, 1.165) is 12.0 Å². The molecule has 0 saturated heterocycles. The van der Waals surface area contributed by atoms with Gasteiger partial charge in [0.2, 0.25) is 5.91 Å². The number of hydrogen-bond donors (Lipinski definition) is 2. The van der Waals surface area contributed by atoms with Crippen molar-refractivity contribution in [2.75, 3.05) is 6.54 Å². The number of amides is 1. The van der Waals surface area contributed by atoms with E-state index in [4.69, 9.17) is 5.73 Å². The van der Waals surface area contributed by atoms with Crippen molar-refractivity contribution < 1.29 is 4.79 Å². The van der Waals surface area contributed by atoms with Gasteiger partial charge in [-0.25, -0.2) is 0 Å². The van der Waals surface area contributed by atoms with E-state index in [-0.39, 0.29) is 17.9 Å². The fourth-order valence-electron chi connectivity index (χ4n) is 2.23. The SMILES string of the molecule is Cc1cccc([C@H](C)NC(=O)C(CN)CC(C)C)c1. The average Bonchev–Trinajstić information content (AvgIpc) is 2.35. The summed E-state index contributed by atoms with van der Waals surface area (Å²) in [4.78, 5) is 12.2. The third kappa shape index (κ3) is 5.03. The summed E-state index contributed by atoms with van der Waals surface area (Å²) in [5.41, 5.74) is 8.04. The van der Waals surface area contributed by atoms with Gasteiger partial charge in [-0.3, -0.25) is 4.79 Å². The predicted octanol–water partition coefficient (Wildman–Crippen LogP) is 2.79. The minimum atomic E-state index is -0.0905. The lowest BCUT2D eigenvalue weighted by atomic mass is 9.95. The van der Waals surface area contributed by atoms with Crippen molar-refractivity contribution in [3.8, 4) is 0 Å². The maximum absolute atomic E-state index is 12.2. The summed E-state index contributed by atoms with van der Waals surface area (Å²) in [5, 5.41) is 3.06. The Morgan fingerprint density at radius 2 is 2.00 bits per heavy atom. The van der Waals surface area contributed by atoms with Crippen molar-refractivity contribution in [2.24, 2.45) is 17.6 Å². The third-order valence-corrected chi connectivity index (χ3v) is 3.31. The first-order valence-corrected chi connectivity index (χ1v) is 7.01. The molecule has 1 unspecified atom stereocenters. The first-order chi connectivity index (χ1) is 8.93. The standard InChI is InChI=1S/C16H26N2O/c1-11(2)8-15(10-17)16(19)18-13(4)14-7-5-6-12(3)9-14/h5-7,9,11,13,15H,8,10,17H2,1-4H3,(H,18,19)/t13-,15?/m0/s1. The average molecular weight is 262 g/mol. The molecule has 1 aromatic carbocycles. The monoisotopic (exact) mass is 262 g/mol. The van der Waals surface area contributed by atoms with Crippen molar-refractivity contribution in [3.63, 3.8) is 0 Å². The summed E-state index contributed by atoms with van der Waals surface area (Å²) >= 11 is 0. The van der Waals surface area contributed by atoms with Crippen molar-refractivity contribution >= 4 is 5.91 Å². The van der Waals surface area contributed by atoms with E-state index in [2.05, 4.69) is 38.2 Å². The molecule has 1 aromatic rings. The molecule has 0 heterocycles. The Kier molecular flexibility index (Phi) is 6.03. The fraction of sp³-hybridized carbons (Fsp3) is 0.562. The van der Waals surface area contributed by atoms with Crippen molar-refractivity contribution in [2.45, 2.75) is 40.2 Å². The largest absolute Gasteiger partial charge is 0.349 e. The molecular weight excluding hydrogens is 236 g/mol. The molecule has 0 aliphatic carbocycles. The zero-order valence-electron chi connectivity index (χ0n) is 12.4. The molecule has 1 amide bonds. The highest BCUT2D eigenvalue weighted by Crippen LogP contribution is 2.16. The van der Waals surface area contributed by atoms with Gasteiger partial charge < -0.3 is 11.1 Å². The Labute approximate surface area is 116 Å². The minimum absolute atomic E-state index is 0.0219. The van der Waals surface area contributed by atoms with Crippen LogP contribution in [0.1, 0.15) is 44.4 Å². The summed E-state index contributed by atoms with van der Waals surface area (Å²) in [6, 6.07) is 8.23. The van der Waals surface area contributed by atoms with E-state index < -0.39 is 0 Å². The normalized spacial score (nSPS) is 14.2. The van der Waals surface area contributed by atoms with Crippen LogP contribution in [0, 0.1) is 18.8 Å². The molecule has 0 aliphatic rings. The van der Waals surface area contributed by atoms with Crippen LogP contribution in [0.15, 0.2) is 24.3 Å². The van der Waals surface area contributed by atoms with E-state index in [1.165, 1.54) is 5.56 Å². The van der Waals surface area contributed by atoms with Crippen LogP contribution < -0.4 is 11.1 Å². The summed E-state index contributed by atoms with van der Waals surface area (Å²) < 4.78 is 0. The van der Waals surface area contributed by atoms with Crippen LogP contribution in [0.4, 0.5) is 0 Å². The van der Waals surface area contributed by atoms with E-state index in [9.17, 15) is 4.79 Å². The lowest BCUT2D eigenvalue weighted by Gasteiger charge is -2.21. The zero-order chi connectivity index (χ0) is 14.4. The number of carbonyl (C=O) groups is 1. The van der Waals surface area contributed by atoms with Gasteiger partial charge in [-0.2, -0.15) is 0 Å². The molecule has 3 N–H and O–H groups in total. The molecule has 19 heavy (non-hydrogen) atoms. The Bertz CT molecular complexity index is 415. The highest BCUT2D eigenvalue weighted by atomic mass is 16.1. The molecule has 3 heteroatoms. The summed E-state index contributed by atoms with van der Waals surface area (Å²) in [5.74, 6) is 0.450. The second-order valence-electron chi connectivity index (χ2n) is 5.71. The quantitative estimate of drug-likeness (QED) is 0.828. The van der Waals surface area contributed by atoms with Crippen LogP contribution in [0.3, 0.4) is 0 Å². The Morgan fingerprint density at radius 3 is 2.53 bits per heavy atom. The van der Waals surface area contributed by atoms with Crippen LogP contribution in [-0.2, 0) is 4.79 Å². The number of hydrogen-bond acceptors (Lipinski definition) is 2. The fourth-order valence-corrected chi connectivity index (χ4v) is 2.23. The van der Waals surface area contributed by atoms with Crippen LogP contribution in [-0.4, -0.2) is 12.5 Å². The number of aryl methyl sites for hydroxylation is 1. The summed E-state index contributed by atoms with van der Waals surface area (Å²) in [6.07, 6.45) is 0.836. The van der Waals surface area contributed by atoms with E-state index >= 15 is 0 Å². The van der Waals surface area contributed by atoms with Gasteiger partial charge >= 0.3 is 0 Å². The molecule has 0 saturated carbocycles. The first-order valence-electron chi connectivity index (χ1n) is 7.01. The Hall–Kier alpha value is -1.35. The van der Waals surface area contributed by atoms with Gasteiger partial charge in [0.15, 0.2) is 0 Å². The van der Waals surface area contributed by atoms with Gasteiger partial charge in [-0.15, -0.1) is 0 Å². The Balaban J connectivity index is 2.65. The zero-order valence-corrected chi connectivity index (χ0v) is 12.4. The molecule has 2 atom stereocenters. The van der Waals surface area contributed by atoms with E-state index in [0.29, 0.717) is 12.5 Å². The maximum Gasteiger partial charge on any atom is 0.224 e. The van der Waals surface area contributed by atoms with Crippen LogP contribution in [0.5, 0.6) is 0 Å². The molecular formula is C16H26N2O. The van der Waals surface area contributed by atoms with Crippen LogP contribution in [0.2, 0.25) is 0 Å². The lowest BCUT2D eigenvalue weighted by Crippen LogP contribution is -2.37. The number of rotatable bonds is 6. The number of benzene rings is 1. The van der Waals surface area contributed by atoms with Crippen molar-refractivity contribution in [1.29, 1.82) is 0 Å². The molecule has 106 valence electrons. The number of nitrogens with one attached hydrogen (secondary N) is 1. The third-order valence-electron chi connectivity index (χ3n) is 3.31. The second-order valence-corrected chi connectivity index (χ2v) is 5.71. The summed E-state index contributed by atoms with van der Waals surface area (Å²) in [7, 11) is 0. The predicted molar refractivity (Wildman–Crippen MR) is 79.7 cm³/mol. The van der Waals surface area contributed by atoms with Crippen LogP contribution in [0.25, 0.3) is 0 Å². The number of carbonyl (C=O) groups excluding carboxylic acids is 1. The Morgan fingerprint density at radius 1 is 1.32 bits per heavy atom. The molecule has 3 nitrogen and oxygen atoms in total. The highest BCUT2D eigenvalue weighted by Gasteiger charge is 2.20. The smallest absolute Gasteiger partial charge is 0.224 e. The molecule has 0 spiro atoms. The number of nitrogens with two attached hydrogens (primary N) is 1. The van der Waals surface area contributed by atoms with Crippen molar-refractivity contribution in [1.82, 2.24) is 5.32 Å². The van der Waals surface area contributed by atoms with Gasteiger partial charge in [0.1, 0.15) is 0 Å². The molecule has 0 aliphatic heterocycles. The van der Waals surface area contributed by atoms with Gasteiger partial charge in [-0.05, 0) is 31.7 Å². The molecule has 0 bridgehead atoms. The topological polar surface area (TPSA) is 55.1 Å². The van der Waals surface area contributed by atoms with E-state index in [1.807, 2.05) is 19.1 Å².